The Hall–Kier alpha value is -2.97. The minimum atomic E-state index is -0.500. The van der Waals surface area contributed by atoms with E-state index in [0.29, 0.717) is 17.4 Å². The van der Waals surface area contributed by atoms with Crippen molar-refractivity contribution in [3.8, 4) is 6.07 Å². The Labute approximate surface area is 170 Å². The van der Waals surface area contributed by atoms with E-state index in [1.165, 1.54) is 0 Å². The van der Waals surface area contributed by atoms with Gasteiger partial charge in [-0.3, -0.25) is 9.36 Å². The number of nitriles is 1. The maximum absolute atomic E-state index is 13.3. The normalized spacial score (nSPS) is 19.2. The largest absolute Gasteiger partial charge is 0.391 e. The highest BCUT2D eigenvalue weighted by atomic mass is 16.3. The molecule has 1 heterocycles. The number of benzene rings is 2. The Balaban J connectivity index is 1.82. The quantitative estimate of drug-likeness (QED) is 0.738. The van der Waals surface area contributed by atoms with Crippen molar-refractivity contribution in [2.24, 2.45) is 0 Å². The van der Waals surface area contributed by atoms with Gasteiger partial charge in [-0.2, -0.15) is 5.26 Å². The first kappa shape index (κ1) is 19.4. The van der Waals surface area contributed by atoms with Crippen LogP contribution in [0.1, 0.15) is 59.5 Å². The Morgan fingerprint density at radius 3 is 2.76 bits per heavy atom. The SMILES string of the molecule is Cc1c(Cc2cccc(C#N)c2)cc2c(=O)n(C3CCCCC3O)cnc2c1C. The third kappa shape index (κ3) is 3.56. The summed E-state index contributed by atoms with van der Waals surface area (Å²) in [5.41, 5.74) is 5.49. The summed E-state index contributed by atoms with van der Waals surface area (Å²) in [6, 6.07) is 11.5. The zero-order valence-corrected chi connectivity index (χ0v) is 16.9. The molecule has 1 aromatic heterocycles. The van der Waals surface area contributed by atoms with Gasteiger partial charge in [-0.05, 0) is 73.6 Å². The summed E-state index contributed by atoms with van der Waals surface area (Å²) in [5.74, 6) is 0. The summed E-state index contributed by atoms with van der Waals surface area (Å²) >= 11 is 0. The van der Waals surface area contributed by atoms with Crippen molar-refractivity contribution in [3.63, 3.8) is 0 Å². The third-order valence-electron chi connectivity index (χ3n) is 6.25. The zero-order valence-electron chi connectivity index (χ0n) is 16.9. The van der Waals surface area contributed by atoms with E-state index < -0.39 is 6.10 Å². The fraction of sp³-hybridized carbons (Fsp3) is 0.375. The van der Waals surface area contributed by atoms with E-state index in [4.69, 9.17) is 5.26 Å². The average Bonchev–Trinajstić information content (AvgIpc) is 2.73. The predicted octanol–water partition coefficient (Wildman–Crippen LogP) is 3.95. The van der Waals surface area contributed by atoms with Crippen LogP contribution < -0.4 is 5.56 Å². The summed E-state index contributed by atoms with van der Waals surface area (Å²) in [4.78, 5) is 17.9. The molecule has 5 nitrogen and oxygen atoms in total. The zero-order chi connectivity index (χ0) is 20.5. The van der Waals surface area contributed by atoms with Crippen LogP contribution in [-0.2, 0) is 6.42 Å². The molecule has 1 aliphatic rings. The van der Waals surface area contributed by atoms with E-state index in [9.17, 15) is 9.90 Å². The van der Waals surface area contributed by atoms with Crippen LogP contribution in [0.15, 0.2) is 41.5 Å². The molecule has 0 radical (unpaired) electrons. The van der Waals surface area contributed by atoms with Crippen LogP contribution in [0.5, 0.6) is 0 Å². The number of aryl methyl sites for hydroxylation is 1. The Morgan fingerprint density at radius 2 is 2.00 bits per heavy atom. The van der Waals surface area contributed by atoms with E-state index in [1.807, 2.05) is 31.2 Å². The molecule has 1 N–H and O–H groups in total. The smallest absolute Gasteiger partial charge is 0.261 e. The number of hydrogen-bond donors (Lipinski definition) is 1. The van der Waals surface area contributed by atoms with Crippen LogP contribution in [0.2, 0.25) is 0 Å². The summed E-state index contributed by atoms with van der Waals surface area (Å²) in [5, 5.41) is 20.2. The van der Waals surface area contributed by atoms with Gasteiger partial charge in [-0.1, -0.05) is 25.0 Å². The number of aliphatic hydroxyl groups is 1. The second kappa shape index (κ2) is 7.81. The molecule has 2 atom stereocenters. The van der Waals surface area contributed by atoms with Crippen molar-refractivity contribution in [2.75, 3.05) is 0 Å². The molecule has 1 saturated carbocycles. The molecular weight excluding hydrogens is 362 g/mol. The topological polar surface area (TPSA) is 78.9 Å². The molecule has 2 aromatic carbocycles. The first-order chi connectivity index (χ1) is 14.0. The van der Waals surface area contributed by atoms with Crippen LogP contribution in [0.25, 0.3) is 10.9 Å². The second-order valence-corrected chi connectivity index (χ2v) is 8.05. The van der Waals surface area contributed by atoms with Crippen LogP contribution in [0, 0.1) is 25.2 Å². The van der Waals surface area contributed by atoms with Crippen molar-refractivity contribution in [2.45, 2.75) is 58.1 Å². The molecule has 29 heavy (non-hydrogen) atoms. The number of fused-ring (bicyclic) bond motifs is 1. The highest BCUT2D eigenvalue weighted by Crippen LogP contribution is 2.29. The number of hydrogen-bond acceptors (Lipinski definition) is 4. The molecule has 0 aliphatic heterocycles. The van der Waals surface area contributed by atoms with Gasteiger partial charge >= 0.3 is 0 Å². The molecule has 0 amide bonds. The Morgan fingerprint density at radius 1 is 1.21 bits per heavy atom. The van der Waals surface area contributed by atoms with E-state index in [0.717, 1.165) is 53.5 Å². The fourth-order valence-corrected chi connectivity index (χ4v) is 4.42. The molecule has 5 heteroatoms. The van der Waals surface area contributed by atoms with Gasteiger partial charge in [0.15, 0.2) is 0 Å². The van der Waals surface area contributed by atoms with Gasteiger partial charge in [-0.25, -0.2) is 4.98 Å². The number of nitrogens with zero attached hydrogens (tertiary/aromatic N) is 3. The summed E-state index contributed by atoms with van der Waals surface area (Å²) in [7, 11) is 0. The minimum absolute atomic E-state index is 0.0870. The number of rotatable bonds is 3. The predicted molar refractivity (Wildman–Crippen MR) is 113 cm³/mol. The van der Waals surface area contributed by atoms with E-state index in [1.54, 1.807) is 17.0 Å². The lowest BCUT2D eigenvalue weighted by molar-refractivity contribution is 0.0735. The molecule has 4 rings (SSSR count). The lowest BCUT2D eigenvalue weighted by Gasteiger charge is -2.29. The minimum Gasteiger partial charge on any atom is -0.391 e. The lowest BCUT2D eigenvalue weighted by atomic mass is 9.92. The van der Waals surface area contributed by atoms with Crippen LogP contribution in [0.4, 0.5) is 0 Å². The molecular formula is C24H25N3O2. The Kier molecular flexibility index (Phi) is 5.21. The molecule has 1 aliphatic carbocycles. The van der Waals surface area contributed by atoms with Crippen LogP contribution in [0.3, 0.4) is 0 Å². The number of aliphatic hydroxyl groups excluding tert-OH is 1. The highest BCUT2D eigenvalue weighted by molar-refractivity contribution is 5.83. The van der Waals surface area contributed by atoms with E-state index in [-0.39, 0.29) is 11.6 Å². The number of aromatic nitrogens is 2. The molecule has 3 aromatic rings. The van der Waals surface area contributed by atoms with Gasteiger partial charge in [0.05, 0.1) is 41.0 Å². The van der Waals surface area contributed by atoms with Crippen molar-refractivity contribution >= 4 is 10.9 Å². The maximum Gasteiger partial charge on any atom is 0.261 e. The van der Waals surface area contributed by atoms with Gasteiger partial charge < -0.3 is 5.11 Å². The van der Waals surface area contributed by atoms with Crippen molar-refractivity contribution < 1.29 is 5.11 Å². The first-order valence-corrected chi connectivity index (χ1v) is 10.2. The van der Waals surface area contributed by atoms with Crippen molar-refractivity contribution in [1.29, 1.82) is 5.26 Å². The third-order valence-corrected chi connectivity index (χ3v) is 6.25. The fourth-order valence-electron chi connectivity index (χ4n) is 4.42. The lowest BCUT2D eigenvalue weighted by Crippen LogP contribution is -2.34. The Bertz CT molecular complexity index is 1170. The van der Waals surface area contributed by atoms with Gasteiger partial charge in [0.25, 0.3) is 5.56 Å². The average molecular weight is 387 g/mol. The molecule has 0 saturated heterocycles. The van der Waals surface area contributed by atoms with E-state index in [2.05, 4.69) is 18.0 Å². The highest BCUT2D eigenvalue weighted by Gasteiger charge is 2.26. The summed E-state index contributed by atoms with van der Waals surface area (Å²) in [6.07, 6.45) is 5.29. The van der Waals surface area contributed by atoms with Gasteiger partial charge in [0.2, 0.25) is 0 Å². The molecule has 1 fully saturated rings. The summed E-state index contributed by atoms with van der Waals surface area (Å²) in [6.45, 7) is 4.05. The molecule has 0 bridgehead atoms. The molecule has 2 unspecified atom stereocenters. The summed E-state index contributed by atoms with van der Waals surface area (Å²) < 4.78 is 1.63. The van der Waals surface area contributed by atoms with Gasteiger partial charge in [-0.15, -0.1) is 0 Å². The standard InChI is InChI=1S/C24H25N3O2/c1-15-16(2)23-20(12-19(15)11-17-6-5-7-18(10-17)13-25)24(29)27(14-26-23)21-8-3-4-9-22(21)28/h5-7,10,12,14,21-22,28H,3-4,8-9,11H2,1-2H3. The van der Waals surface area contributed by atoms with Crippen LogP contribution >= 0.6 is 0 Å². The van der Waals surface area contributed by atoms with Crippen molar-refractivity contribution in [3.05, 3.63) is 74.8 Å². The molecule has 0 spiro atoms. The van der Waals surface area contributed by atoms with Gasteiger partial charge in [0.1, 0.15) is 0 Å². The van der Waals surface area contributed by atoms with Crippen molar-refractivity contribution in [1.82, 2.24) is 9.55 Å². The molecule has 148 valence electrons. The van der Waals surface area contributed by atoms with Gasteiger partial charge in [0, 0.05) is 0 Å². The maximum atomic E-state index is 13.3. The second-order valence-electron chi connectivity index (χ2n) is 8.05. The monoisotopic (exact) mass is 387 g/mol. The van der Waals surface area contributed by atoms with Crippen LogP contribution in [-0.4, -0.2) is 20.8 Å². The van der Waals surface area contributed by atoms with E-state index >= 15 is 0 Å². The first-order valence-electron chi connectivity index (χ1n) is 10.2.